The van der Waals surface area contributed by atoms with Crippen LogP contribution in [0.4, 0.5) is 20.4 Å². The number of fused-ring (bicyclic) bond motifs is 2. The number of carbonyl (C=O) groups is 1. The Morgan fingerprint density at radius 3 is 2.68 bits per heavy atom. The monoisotopic (exact) mass is 429 g/mol. The second kappa shape index (κ2) is 7.34. The van der Waals surface area contributed by atoms with Gasteiger partial charge in [-0.25, -0.2) is 9.67 Å². The number of carbonyl (C=O) groups excluding carboxylic acids is 1. The first-order valence-electron chi connectivity index (χ1n) is 9.08. The van der Waals surface area contributed by atoms with Gasteiger partial charge in [0, 0.05) is 21.0 Å². The maximum atomic E-state index is 13.7. The molecule has 160 valence electrons. The molecule has 0 atom stereocenters. The first kappa shape index (κ1) is 20.3. The number of halogens is 2. The summed E-state index contributed by atoms with van der Waals surface area (Å²) in [7, 11) is 3.26. The Bertz CT molecular complexity index is 1360. The Morgan fingerprint density at radius 2 is 1.97 bits per heavy atom. The van der Waals surface area contributed by atoms with Crippen LogP contribution in [0.5, 0.6) is 0 Å². The van der Waals surface area contributed by atoms with Crippen LogP contribution < -0.4 is 15.8 Å². The molecule has 4 rings (SSSR count). The SMILES string of the molecule is CN(C)c1nn(CC(=O)Nc2ccc3nncn3n2)c(=O)c2ccc(C(C)(F)F)nc12. The second-order valence-electron chi connectivity index (χ2n) is 7.06. The average molecular weight is 429 g/mol. The number of nitrogens with zero attached hydrogens (tertiary/aromatic N) is 8. The van der Waals surface area contributed by atoms with E-state index in [1.807, 2.05) is 0 Å². The van der Waals surface area contributed by atoms with Crippen molar-refractivity contribution in [3.05, 3.63) is 46.6 Å². The standard InChI is InChI=1S/C18H17F2N9O2/c1-18(19,20)11-5-4-10-15(22-11)16(27(2)3)26-28(17(10)31)8-14(30)23-12-6-7-13-24-21-9-29(13)25-12/h4-7,9H,8H2,1-3H3,(H,23,25,30). The van der Waals surface area contributed by atoms with Crippen molar-refractivity contribution in [3.63, 3.8) is 0 Å². The summed E-state index contributed by atoms with van der Waals surface area (Å²) in [4.78, 5) is 30.8. The largest absolute Gasteiger partial charge is 0.359 e. The molecule has 0 aromatic carbocycles. The smallest absolute Gasteiger partial charge is 0.286 e. The maximum absolute atomic E-state index is 13.7. The predicted octanol–water partition coefficient (Wildman–Crippen LogP) is 1.05. The van der Waals surface area contributed by atoms with Crippen LogP contribution in [-0.4, -0.2) is 54.6 Å². The van der Waals surface area contributed by atoms with E-state index in [4.69, 9.17) is 0 Å². The Kier molecular flexibility index (Phi) is 4.79. The van der Waals surface area contributed by atoms with Gasteiger partial charge in [-0.15, -0.1) is 20.4 Å². The summed E-state index contributed by atoms with van der Waals surface area (Å²) in [5.41, 5.74) is -0.567. The van der Waals surface area contributed by atoms with E-state index in [1.54, 1.807) is 26.2 Å². The van der Waals surface area contributed by atoms with E-state index in [1.165, 1.54) is 21.8 Å². The van der Waals surface area contributed by atoms with E-state index in [-0.39, 0.29) is 22.5 Å². The van der Waals surface area contributed by atoms with Gasteiger partial charge in [-0.3, -0.25) is 9.59 Å². The molecule has 1 amide bonds. The highest BCUT2D eigenvalue weighted by molar-refractivity contribution is 5.91. The zero-order valence-electron chi connectivity index (χ0n) is 16.7. The molecule has 0 aliphatic carbocycles. The third-order valence-electron chi connectivity index (χ3n) is 4.38. The van der Waals surface area contributed by atoms with Crippen LogP contribution in [0.1, 0.15) is 12.6 Å². The van der Waals surface area contributed by atoms with Crippen molar-refractivity contribution in [1.82, 2.24) is 34.6 Å². The lowest BCUT2D eigenvalue weighted by atomic mass is 10.2. The van der Waals surface area contributed by atoms with E-state index >= 15 is 0 Å². The molecule has 0 fully saturated rings. The molecule has 13 heteroatoms. The van der Waals surface area contributed by atoms with Crippen molar-refractivity contribution in [3.8, 4) is 0 Å². The molecular formula is C18H17F2N9O2. The molecule has 0 bridgehead atoms. The fourth-order valence-electron chi connectivity index (χ4n) is 2.91. The van der Waals surface area contributed by atoms with Gasteiger partial charge in [-0.2, -0.15) is 13.3 Å². The first-order chi connectivity index (χ1) is 14.6. The van der Waals surface area contributed by atoms with Crippen molar-refractivity contribution >= 4 is 34.1 Å². The molecular weight excluding hydrogens is 412 g/mol. The Morgan fingerprint density at radius 1 is 1.19 bits per heavy atom. The summed E-state index contributed by atoms with van der Waals surface area (Å²) in [5, 5.41) is 18.5. The van der Waals surface area contributed by atoms with Crippen LogP contribution in [-0.2, 0) is 17.3 Å². The Hall–Kier alpha value is -4.03. The number of pyridine rings is 1. The number of aromatic nitrogens is 7. The van der Waals surface area contributed by atoms with E-state index in [0.717, 1.165) is 17.7 Å². The third kappa shape index (κ3) is 3.89. The predicted molar refractivity (Wildman–Crippen MR) is 107 cm³/mol. The lowest BCUT2D eigenvalue weighted by molar-refractivity contribution is -0.117. The van der Waals surface area contributed by atoms with Gasteiger partial charge in [-0.05, 0) is 24.3 Å². The van der Waals surface area contributed by atoms with Crippen molar-refractivity contribution in [2.24, 2.45) is 0 Å². The highest BCUT2D eigenvalue weighted by Crippen LogP contribution is 2.28. The summed E-state index contributed by atoms with van der Waals surface area (Å²) in [6.45, 7) is 0.309. The normalized spacial score (nSPS) is 11.8. The minimum Gasteiger partial charge on any atom is -0.359 e. The number of anilines is 2. The van der Waals surface area contributed by atoms with Gasteiger partial charge >= 0.3 is 0 Å². The fourth-order valence-corrected chi connectivity index (χ4v) is 2.91. The molecule has 0 radical (unpaired) electrons. The zero-order valence-corrected chi connectivity index (χ0v) is 16.7. The van der Waals surface area contributed by atoms with E-state index in [0.29, 0.717) is 5.65 Å². The lowest BCUT2D eigenvalue weighted by Crippen LogP contribution is -2.32. The van der Waals surface area contributed by atoms with Crippen LogP contribution in [0.3, 0.4) is 0 Å². The molecule has 1 N–H and O–H groups in total. The minimum absolute atomic E-state index is 0.0328. The highest BCUT2D eigenvalue weighted by Gasteiger charge is 2.27. The summed E-state index contributed by atoms with van der Waals surface area (Å²) >= 11 is 0. The number of alkyl halides is 2. The molecule has 4 heterocycles. The van der Waals surface area contributed by atoms with Gasteiger partial charge in [0.15, 0.2) is 17.3 Å². The molecule has 11 nitrogen and oxygen atoms in total. The summed E-state index contributed by atoms with van der Waals surface area (Å²) in [6.07, 6.45) is 1.38. The Balaban J connectivity index is 1.68. The summed E-state index contributed by atoms with van der Waals surface area (Å²) < 4.78 is 29.7. The number of rotatable bonds is 5. The summed E-state index contributed by atoms with van der Waals surface area (Å²) in [5.74, 6) is -3.32. The van der Waals surface area contributed by atoms with Gasteiger partial charge < -0.3 is 10.2 Å². The molecule has 0 spiro atoms. The number of nitrogens with one attached hydrogen (secondary N) is 1. The van der Waals surface area contributed by atoms with Gasteiger partial charge in [0.05, 0.1) is 5.39 Å². The van der Waals surface area contributed by atoms with Crippen LogP contribution >= 0.6 is 0 Å². The van der Waals surface area contributed by atoms with Gasteiger partial charge in [0.2, 0.25) is 5.91 Å². The molecule has 31 heavy (non-hydrogen) atoms. The van der Waals surface area contributed by atoms with Gasteiger partial charge in [0.1, 0.15) is 24.1 Å². The van der Waals surface area contributed by atoms with Crippen molar-refractivity contribution in [1.29, 1.82) is 0 Å². The Labute approximate surface area is 173 Å². The van der Waals surface area contributed by atoms with Crippen LogP contribution in [0, 0.1) is 0 Å². The average Bonchev–Trinajstić information content (AvgIpc) is 3.16. The van der Waals surface area contributed by atoms with Crippen LogP contribution in [0.25, 0.3) is 16.6 Å². The second-order valence-corrected chi connectivity index (χ2v) is 7.06. The zero-order chi connectivity index (χ0) is 22.3. The van der Waals surface area contributed by atoms with E-state index in [2.05, 4.69) is 30.7 Å². The molecule has 4 aromatic rings. The fraction of sp³-hybridized carbons (Fsp3) is 0.278. The third-order valence-corrected chi connectivity index (χ3v) is 4.38. The van der Waals surface area contributed by atoms with Crippen molar-refractivity contribution in [2.75, 3.05) is 24.3 Å². The molecule has 0 unspecified atom stereocenters. The quantitative estimate of drug-likeness (QED) is 0.499. The molecule has 4 aromatic heterocycles. The lowest BCUT2D eigenvalue weighted by Gasteiger charge is -2.17. The van der Waals surface area contributed by atoms with Crippen LogP contribution in [0.15, 0.2) is 35.4 Å². The highest BCUT2D eigenvalue weighted by atomic mass is 19.3. The summed E-state index contributed by atoms with van der Waals surface area (Å²) in [6, 6.07) is 5.51. The number of hydrogen-bond donors (Lipinski definition) is 1. The maximum Gasteiger partial charge on any atom is 0.286 e. The van der Waals surface area contributed by atoms with Crippen molar-refractivity contribution in [2.45, 2.75) is 19.4 Å². The molecule has 0 aliphatic heterocycles. The first-order valence-corrected chi connectivity index (χ1v) is 9.08. The molecule has 0 saturated heterocycles. The topological polar surface area (TPSA) is 123 Å². The van der Waals surface area contributed by atoms with Gasteiger partial charge in [0.25, 0.3) is 11.5 Å². The molecule has 0 aliphatic rings. The van der Waals surface area contributed by atoms with Crippen LogP contribution in [0.2, 0.25) is 0 Å². The number of amides is 1. The van der Waals surface area contributed by atoms with Crippen molar-refractivity contribution < 1.29 is 13.6 Å². The van der Waals surface area contributed by atoms with E-state index < -0.39 is 29.6 Å². The minimum atomic E-state index is -3.18. The molecule has 0 saturated carbocycles. The van der Waals surface area contributed by atoms with E-state index in [9.17, 15) is 18.4 Å². The number of hydrogen-bond acceptors (Lipinski definition) is 8. The van der Waals surface area contributed by atoms with Gasteiger partial charge in [-0.1, -0.05) is 0 Å².